The Morgan fingerprint density at radius 2 is 1.88 bits per heavy atom. The summed E-state index contributed by atoms with van der Waals surface area (Å²) in [5, 5.41) is 0. The molecule has 0 nitrogen and oxygen atoms in total. The zero-order valence-corrected chi connectivity index (χ0v) is 6.22. The quantitative estimate of drug-likeness (QED) is 0.407. The zero-order valence-electron chi connectivity index (χ0n) is 5.40. The second kappa shape index (κ2) is 3.96. The normalized spacial score (nSPS) is 8.62. The molecule has 0 aromatic heterocycles. The van der Waals surface area contributed by atoms with Crippen molar-refractivity contribution >= 4 is 30.0 Å². The van der Waals surface area contributed by atoms with Gasteiger partial charge in [0.05, 0.1) is 0 Å². The predicted molar refractivity (Wildman–Crippen MR) is 43.9 cm³/mol. The molecule has 0 aliphatic rings. The molecule has 1 radical (unpaired) electrons. The van der Waals surface area contributed by atoms with Crippen molar-refractivity contribution in [2.75, 3.05) is 0 Å². The second-order valence-corrected chi connectivity index (χ2v) is 2.75. The minimum atomic E-state index is 0.940. The molecule has 0 aromatic carbocycles. The van der Waals surface area contributed by atoms with Gasteiger partial charge in [-0.1, -0.05) is 0 Å². The summed E-state index contributed by atoms with van der Waals surface area (Å²) in [6, 6.07) is 0. The van der Waals surface area contributed by atoms with Gasteiger partial charge in [0.1, 0.15) is 0 Å². The van der Waals surface area contributed by atoms with Crippen LogP contribution in [-0.4, -0.2) is 17.8 Å². The van der Waals surface area contributed by atoms with E-state index < -0.39 is 0 Å². The molecule has 0 amide bonds. The average molecular weight is 125 g/mol. The van der Waals surface area contributed by atoms with Gasteiger partial charge in [-0.05, 0) is 0 Å². The summed E-state index contributed by atoms with van der Waals surface area (Å²) in [7, 11) is 5.40. The molecule has 0 aromatic rings. The first-order valence-corrected chi connectivity index (χ1v) is 3.11. The molecule has 0 N–H and O–H groups in total. The van der Waals surface area contributed by atoms with Gasteiger partial charge >= 0.3 is 56.7 Å². The van der Waals surface area contributed by atoms with Crippen molar-refractivity contribution in [1.29, 1.82) is 0 Å². The Bertz CT molecular complexity index is 93.1. The van der Waals surface area contributed by atoms with Crippen LogP contribution >= 0.6 is 12.2 Å². The fourth-order valence-electron chi connectivity index (χ4n) is 0.373. The van der Waals surface area contributed by atoms with Gasteiger partial charge in [0.25, 0.3) is 0 Å². The Morgan fingerprint density at radius 1 is 1.38 bits per heavy atom. The molecule has 0 saturated carbocycles. The van der Waals surface area contributed by atoms with Gasteiger partial charge in [-0.25, -0.2) is 0 Å². The van der Waals surface area contributed by atoms with Crippen LogP contribution < -0.4 is 0 Å². The van der Waals surface area contributed by atoms with E-state index in [-0.39, 0.29) is 0 Å². The van der Waals surface area contributed by atoms with Crippen molar-refractivity contribution < 1.29 is 0 Å². The van der Waals surface area contributed by atoms with E-state index >= 15 is 0 Å². The molecule has 0 fully saturated rings. The standard InChI is InChI=1S/C6H10BS/c1-5(7)3-4-6(2)8/h3-4H2,1-2H3. The SMILES string of the molecule is [B]=C(C)CCC(C)=S. The van der Waals surface area contributed by atoms with E-state index in [1.165, 1.54) is 0 Å². The van der Waals surface area contributed by atoms with E-state index in [4.69, 9.17) is 19.7 Å². The summed E-state index contributed by atoms with van der Waals surface area (Å²) in [6.45, 7) is 3.86. The second-order valence-electron chi connectivity index (χ2n) is 2.05. The van der Waals surface area contributed by atoms with Crippen LogP contribution in [0.1, 0.15) is 26.7 Å². The molecule has 0 spiro atoms. The first-order valence-electron chi connectivity index (χ1n) is 2.70. The van der Waals surface area contributed by atoms with Crippen molar-refractivity contribution in [2.24, 2.45) is 0 Å². The first-order chi connectivity index (χ1) is 3.63. The molecule has 43 valence electrons. The van der Waals surface area contributed by atoms with Gasteiger partial charge in [0.2, 0.25) is 0 Å². The van der Waals surface area contributed by atoms with Crippen LogP contribution in [0.25, 0.3) is 0 Å². The summed E-state index contributed by atoms with van der Waals surface area (Å²) in [4.78, 5) is 1.04. The fraction of sp³-hybridized carbons (Fsp3) is 0.667. The van der Waals surface area contributed by atoms with Gasteiger partial charge < -0.3 is 0 Å². The van der Waals surface area contributed by atoms with Gasteiger partial charge in [0.15, 0.2) is 0 Å². The molecular weight excluding hydrogens is 115 g/mol. The van der Waals surface area contributed by atoms with Crippen LogP contribution in [0.5, 0.6) is 0 Å². The van der Waals surface area contributed by atoms with E-state index in [0.717, 1.165) is 23.2 Å². The van der Waals surface area contributed by atoms with Crippen molar-refractivity contribution in [3.05, 3.63) is 0 Å². The van der Waals surface area contributed by atoms with Crippen molar-refractivity contribution in [3.8, 4) is 0 Å². The maximum atomic E-state index is 5.40. The average Bonchev–Trinajstić information content (AvgIpc) is 1.61. The number of thiocarbonyl (C=S) groups is 1. The number of hydrogen-bond donors (Lipinski definition) is 0. The Kier molecular flexibility index (Phi) is 3.97. The topological polar surface area (TPSA) is 0 Å². The molecule has 0 rings (SSSR count). The third-order valence-corrected chi connectivity index (χ3v) is 1.08. The summed E-state index contributed by atoms with van der Waals surface area (Å²) in [5.74, 6) is 0. The Hall–Kier alpha value is 0.0249. The van der Waals surface area contributed by atoms with Crippen molar-refractivity contribution in [2.45, 2.75) is 26.7 Å². The molecule has 0 aliphatic heterocycles. The van der Waals surface area contributed by atoms with Crippen LogP contribution in [0.15, 0.2) is 0 Å². The van der Waals surface area contributed by atoms with E-state index in [1.54, 1.807) is 0 Å². The summed E-state index contributed by atoms with van der Waals surface area (Å²) < 4.78 is 0. The van der Waals surface area contributed by atoms with Gasteiger partial charge in [-0.15, -0.1) is 0 Å². The fourth-order valence-corrected chi connectivity index (χ4v) is 0.475. The molecule has 0 unspecified atom stereocenters. The van der Waals surface area contributed by atoms with Crippen LogP contribution in [0.2, 0.25) is 0 Å². The van der Waals surface area contributed by atoms with Crippen LogP contribution in [-0.2, 0) is 0 Å². The monoisotopic (exact) mass is 125 g/mol. The third-order valence-electron chi connectivity index (χ3n) is 0.871. The van der Waals surface area contributed by atoms with Crippen molar-refractivity contribution in [1.82, 2.24) is 0 Å². The molecule has 0 bridgehead atoms. The van der Waals surface area contributed by atoms with Gasteiger partial charge in [-0.2, -0.15) is 0 Å². The van der Waals surface area contributed by atoms with E-state index in [9.17, 15) is 0 Å². The Morgan fingerprint density at radius 3 is 2.00 bits per heavy atom. The van der Waals surface area contributed by atoms with Crippen LogP contribution in [0.3, 0.4) is 0 Å². The van der Waals surface area contributed by atoms with Gasteiger partial charge in [-0.3, -0.25) is 0 Å². The molecule has 0 heterocycles. The molecule has 0 atom stereocenters. The summed E-state index contributed by atoms with van der Waals surface area (Å²) >= 11 is 4.85. The molecule has 0 aliphatic carbocycles. The van der Waals surface area contributed by atoms with Crippen LogP contribution in [0, 0.1) is 0 Å². The number of rotatable bonds is 3. The minimum absolute atomic E-state index is 0.940. The third kappa shape index (κ3) is 6.02. The van der Waals surface area contributed by atoms with Gasteiger partial charge in [0, 0.05) is 0 Å². The van der Waals surface area contributed by atoms with Crippen molar-refractivity contribution in [3.63, 3.8) is 0 Å². The first kappa shape index (κ1) is 8.02. The number of hydrogen-bond acceptors (Lipinski definition) is 1. The molecular formula is C6H10BS. The zero-order chi connectivity index (χ0) is 6.57. The maximum absolute atomic E-state index is 5.40. The molecule has 8 heavy (non-hydrogen) atoms. The predicted octanol–water partition coefficient (Wildman–Crippen LogP) is 1.52. The summed E-state index contributed by atoms with van der Waals surface area (Å²) in [5.41, 5.74) is 0.967. The van der Waals surface area contributed by atoms with E-state index in [0.29, 0.717) is 0 Å². The molecule has 0 saturated heterocycles. The van der Waals surface area contributed by atoms with E-state index in [1.807, 2.05) is 13.8 Å². The van der Waals surface area contributed by atoms with E-state index in [2.05, 4.69) is 0 Å². The Labute approximate surface area is 57.4 Å². The van der Waals surface area contributed by atoms with Crippen LogP contribution in [0.4, 0.5) is 0 Å². The Balaban J connectivity index is 3.18. The summed E-state index contributed by atoms with van der Waals surface area (Å²) in [6.07, 6.45) is 1.90. The molecule has 2 heteroatoms.